The Morgan fingerprint density at radius 3 is 2.29 bits per heavy atom. The molecule has 1 unspecified atom stereocenters. The zero-order valence-electron chi connectivity index (χ0n) is 16.4. The molecular formula is C23H19F2NO5. The molecule has 2 heterocycles. The lowest BCUT2D eigenvalue weighted by atomic mass is 9.86. The van der Waals surface area contributed by atoms with Crippen molar-refractivity contribution in [3.05, 3.63) is 96.1 Å². The molecule has 2 aliphatic rings. The third-order valence-electron chi connectivity index (χ3n) is 5.26. The minimum atomic E-state index is -2.15. The number of hydrogen-bond donors (Lipinski definition) is 0. The standard InChI is InChI=1S/C23H19F2NO5/c1-2-22(17-8-9-18(24)19(25)14-17)23(30-20(27)10-11-21(28)31-23)26(12-13-29-22)15-16-6-4-3-5-7-16/h2-11,14H,1,12-13,15H2. The number of carbonyl (C=O) groups excluding carboxylic acids is 2. The molecule has 1 saturated heterocycles. The maximum absolute atomic E-state index is 14.2. The van der Waals surface area contributed by atoms with Gasteiger partial charge < -0.3 is 14.2 Å². The van der Waals surface area contributed by atoms with Crippen LogP contribution < -0.4 is 0 Å². The summed E-state index contributed by atoms with van der Waals surface area (Å²) >= 11 is 0. The van der Waals surface area contributed by atoms with E-state index in [-0.39, 0.29) is 25.3 Å². The summed E-state index contributed by atoms with van der Waals surface area (Å²) in [6.45, 7) is 4.33. The molecule has 0 amide bonds. The van der Waals surface area contributed by atoms with Crippen LogP contribution in [0, 0.1) is 11.6 Å². The molecular weight excluding hydrogens is 408 g/mol. The van der Waals surface area contributed by atoms with Crippen molar-refractivity contribution in [1.82, 2.24) is 4.90 Å². The van der Waals surface area contributed by atoms with Gasteiger partial charge in [0.2, 0.25) is 5.60 Å². The lowest BCUT2D eigenvalue weighted by Crippen LogP contribution is -2.70. The van der Waals surface area contributed by atoms with Crippen molar-refractivity contribution in [2.24, 2.45) is 0 Å². The van der Waals surface area contributed by atoms with Crippen LogP contribution in [-0.4, -0.2) is 35.9 Å². The average Bonchev–Trinajstić information content (AvgIpc) is 2.91. The minimum Gasteiger partial charge on any atom is -0.402 e. The summed E-state index contributed by atoms with van der Waals surface area (Å²) in [5.41, 5.74) is -0.913. The summed E-state index contributed by atoms with van der Waals surface area (Å²) < 4.78 is 45.1. The zero-order valence-corrected chi connectivity index (χ0v) is 16.4. The Hall–Kier alpha value is -3.36. The van der Waals surface area contributed by atoms with Gasteiger partial charge in [0.15, 0.2) is 11.6 Å². The number of hydrogen-bond acceptors (Lipinski definition) is 6. The predicted octanol–water partition coefficient (Wildman–Crippen LogP) is 3.19. The average molecular weight is 427 g/mol. The van der Waals surface area contributed by atoms with E-state index in [4.69, 9.17) is 14.2 Å². The number of nitrogens with zero attached hydrogens (tertiary/aromatic N) is 1. The Balaban J connectivity index is 1.91. The van der Waals surface area contributed by atoms with Gasteiger partial charge in [-0.3, -0.25) is 0 Å². The van der Waals surface area contributed by atoms with Gasteiger partial charge in [-0.1, -0.05) is 43.0 Å². The summed E-state index contributed by atoms with van der Waals surface area (Å²) in [7, 11) is 0. The summed E-state index contributed by atoms with van der Waals surface area (Å²) in [6.07, 6.45) is 3.14. The van der Waals surface area contributed by atoms with Crippen molar-refractivity contribution in [2.45, 2.75) is 18.1 Å². The second-order valence-corrected chi connectivity index (χ2v) is 7.08. The molecule has 0 aromatic heterocycles. The second kappa shape index (κ2) is 8.05. The smallest absolute Gasteiger partial charge is 0.359 e. The number of benzene rings is 2. The van der Waals surface area contributed by atoms with Crippen LogP contribution in [0.3, 0.4) is 0 Å². The fraction of sp³-hybridized carbons (Fsp3) is 0.217. The highest BCUT2D eigenvalue weighted by Gasteiger charge is 2.65. The van der Waals surface area contributed by atoms with Crippen molar-refractivity contribution in [3.63, 3.8) is 0 Å². The van der Waals surface area contributed by atoms with Crippen LogP contribution >= 0.6 is 0 Å². The van der Waals surface area contributed by atoms with E-state index >= 15 is 0 Å². The van der Waals surface area contributed by atoms with Gasteiger partial charge in [-0.25, -0.2) is 23.3 Å². The molecule has 8 heteroatoms. The molecule has 2 aromatic carbocycles. The SMILES string of the molecule is C=CC1(c2ccc(F)c(F)c2)OCCN(Cc2ccccc2)C12OC(=O)C=CC(=O)O2. The number of carbonyl (C=O) groups is 2. The van der Waals surface area contributed by atoms with Crippen LogP contribution in [0.2, 0.25) is 0 Å². The van der Waals surface area contributed by atoms with E-state index in [0.29, 0.717) is 0 Å². The lowest BCUT2D eigenvalue weighted by Gasteiger charge is -2.53. The van der Waals surface area contributed by atoms with Gasteiger partial charge in [0.05, 0.1) is 6.61 Å². The molecule has 6 nitrogen and oxygen atoms in total. The fourth-order valence-corrected chi connectivity index (χ4v) is 3.85. The van der Waals surface area contributed by atoms with Crippen LogP contribution in [-0.2, 0) is 35.9 Å². The quantitative estimate of drug-likeness (QED) is 0.552. The van der Waals surface area contributed by atoms with E-state index in [1.165, 1.54) is 12.1 Å². The normalized spacial score (nSPS) is 23.2. The fourth-order valence-electron chi connectivity index (χ4n) is 3.85. The highest BCUT2D eigenvalue weighted by molar-refractivity contribution is 5.93. The molecule has 31 heavy (non-hydrogen) atoms. The van der Waals surface area contributed by atoms with Gasteiger partial charge in [0, 0.05) is 30.8 Å². The highest BCUT2D eigenvalue weighted by atomic mass is 19.2. The van der Waals surface area contributed by atoms with Crippen molar-refractivity contribution in [1.29, 1.82) is 0 Å². The Kier molecular flexibility index (Phi) is 5.43. The van der Waals surface area contributed by atoms with E-state index < -0.39 is 35.1 Å². The molecule has 2 aliphatic heterocycles. The largest absolute Gasteiger partial charge is 0.402 e. The number of esters is 2. The molecule has 2 aromatic rings. The van der Waals surface area contributed by atoms with Crippen molar-refractivity contribution >= 4 is 11.9 Å². The van der Waals surface area contributed by atoms with Gasteiger partial charge in [-0.15, -0.1) is 0 Å². The molecule has 4 rings (SSSR count). The number of morpholine rings is 1. The van der Waals surface area contributed by atoms with E-state index in [1.807, 2.05) is 30.3 Å². The summed E-state index contributed by atoms with van der Waals surface area (Å²) in [5, 5.41) is 0. The van der Waals surface area contributed by atoms with Gasteiger partial charge in [-0.2, -0.15) is 0 Å². The Morgan fingerprint density at radius 2 is 1.68 bits per heavy atom. The van der Waals surface area contributed by atoms with Crippen LogP contribution in [0.1, 0.15) is 11.1 Å². The first kappa shape index (κ1) is 20.9. The molecule has 0 N–H and O–H groups in total. The first-order valence-electron chi connectivity index (χ1n) is 9.56. The zero-order chi connectivity index (χ0) is 22.1. The van der Waals surface area contributed by atoms with Crippen LogP contribution in [0.5, 0.6) is 0 Å². The van der Waals surface area contributed by atoms with E-state index in [2.05, 4.69) is 6.58 Å². The van der Waals surface area contributed by atoms with Crippen LogP contribution in [0.4, 0.5) is 8.78 Å². The topological polar surface area (TPSA) is 65.1 Å². The summed E-state index contributed by atoms with van der Waals surface area (Å²) in [5.74, 6) is -6.07. The van der Waals surface area contributed by atoms with E-state index in [9.17, 15) is 18.4 Å². The maximum Gasteiger partial charge on any atom is 0.359 e. The molecule has 0 aliphatic carbocycles. The van der Waals surface area contributed by atoms with Crippen LogP contribution in [0.15, 0.2) is 73.3 Å². The molecule has 160 valence electrons. The first-order chi connectivity index (χ1) is 14.9. The van der Waals surface area contributed by atoms with Crippen molar-refractivity contribution < 1.29 is 32.6 Å². The third kappa shape index (κ3) is 3.54. The number of halogens is 2. The minimum absolute atomic E-state index is 0.0710. The van der Waals surface area contributed by atoms with Crippen molar-refractivity contribution in [2.75, 3.05) is 13.2 Å². The van der Waals surface area contributed by atoms with E-state index in [0.717, 1.165) is 29.8 Å². The monoisotopic (exact) mass is 427 g/mol. The van der Waals surface area contributed by atoms with E-state index in [1.54, 1.807) is 4.90 Å². The molecule has 1 spiro atoms. The Labute approximate surface area is 177 Å². The second-order valence-electron chi connectivity index (χ2n) is 7.08. The maximum atomic E-state index is 14.2. The number of ether oxygens (including phenoxy) is 3. The van der Waals surface area contributed by atoms with Gasteiger partial charge in [-0.05, 0) is 23.8 Å². The molecule has 0 bridgehead atoms. The number of rotatable bonds is 4. The van der Waals surface area contributed by atoms with Gasteiger partial charge in [0.25, 0.3) is 0 Å². The highest BCUT2D eigenvalue weighted by Crippen LogP contribution is 2.48. The lowest BCUT2D eigenvalue weighted by molar-refractivity contribution is -0.377. The molecule has 1 atom stereocenters. The van der Waals surface area contributed by atoms with Crippen LogP contribution in [0.25, 0.3) is 0 Å². The summed E-state index contributed by atoms with van der Waals surface area (Å²) in [6, 6.07) is 12.3. The van der Waals surface area contributed by atoms with Gasteiger partial charge >= 0.3 is 17.8 Å². The first-order valence-corrected chi connectivity index (χ1v) is 9.56. The molecule has 0 saturated carbocycles. The Bertz CT molecular complexity index is 1040. The predicted molar refractivity (Wildman–Crippen MR) is 105 cm³/mol. The summed E-state index contributed by atoms with van der Waals surface area (Å²) in [4.78, 5) is 26.5. The molecule has 0 radical (unpaired) electrons. The third-order valence-corrected chi connectivity index (χ3v) is 5.26. The van der Waals surface area contributed by atoms with Crippen molar-refractivity contribution in [3.8, 4) is 0 Å². The van der Waals surface area contributed by atoms with Gasteiger partial charge in [0.1, 0.15) is 0 Å². The molecule has 1 fully saturated rings. The Morgan fingerprint density at radius 1 is 1.00 bits per heavy atom.